The predicted molar refractivity (Wildman–Crippen MR) is 96.6 cm³/mol. The van der Waals surface area contributed by atoms with E-state index < -0.39 is 22.5 Å². The molecule has 0 aromatic heterocycles. The summed E-state index contributed by atoms with van der Waals surface area (Å²) < 4.78 is 0. The third kappa shape index (κ3) is 5.25. The summed E-state index contributed by atoms with van der Waals surface area (Å²) in [6.45, 7) is 3.24. The van der Waals surface area contributed by atoms with Crippen molar-refractivity contribution in [2.45, 2.75) is 32.6 Å². The lowest BCUT2D eigenvalue weighted by Crippen LogP contribution is -2.45. The van der Waals surface area contributed by atoms with E-state index in [-0.39, 0.29) is 29.5 Å². The van der Waals surface area contributed by atoms with Gasteiger partial charge in [-0.1, -0.05) is 13.3 Å². The van der Waals surface area contributed by atoms with Crippen molar-refractivity contribution in [3.05, 3.63) is 39.4 Å². The minimum atomic E-state index is -1.35. The molecule has 0 aliphatic carbocycles. The first kappa shape index (κ1) is 20.3. The first-order chi connectivity index (χ1) is 12.8. The number of carboxylic acids is 1. The molecule has 1 heterocycles. The Morgan fingerprint density at radius 2 is 2.00 bits per heavy atom. The lowest BCUT2D eigenvalue weighted by Gasteiger charge is -2.32. The number of amides is 2. The number of nitrogens with one attached hydrogen (secondary N) is 1. The molecule has 2 rings (SSSR count). The number of nitro groups is 1. The highest BCUT2D eigenvalue weighted by Gasteiger charge is 2.29. The molecule has 0 bridgehead atoms. The first-order valence-electron chi connectivity index (χ1n) is 8.93. The third-order valence-corrected chi connectivity index (χ3v) is 4.53. The summed E-state index contributed by atoms with van der Waals surface area (Å²) in [5.74, 6) is -2.30. The van der Waals surface area contributed by atoms with Crippen LogP contribution in [0, 0.1) is 16.0 Å². The minimum absolute atomic E-state index is 0.0614. The summed E-state index contributed by atoms with van der Waals surface area (Å²) in [4.78, 5) is 47.9. The Bertz CT molecular complexity index is 716. The van der Waals surface area contributed by atoms with Crippen LogP contribution in [0.25, 0.3) is 0 Å². The number of nitro benzene ring substituents is 1. The Hall–Kier alpha value is -2.97. The van der Waals surface area contributed by atoms with Crippen molar-refractivity contribution in [2.24, 2.45) is 5.92 Å². The van der Waals surface area contributed by atoms with Gasteiger partial charge in [0.2, 0.25) is 5.91 Å². The number of carbonyl (C=O) groups excluding carboxylic acids is 2. The fraction of sp³-hybridized carbons (Fsp3) is 0.500. The van der Waals surface area contributed by atoms with Gasteiger partial charge in [0.05, 0.1) is 16.4 Å². The van der Waals surface area contributed by atoms with Gasteiger partial charge in [0, 0.05) is 37.3 Å². The van der Waals surface area contributed by atoms with Gasteiger partial charge in [-0.15, -0.1) is 0 Å². The van der Waals surface area contributed by atoms with Crippen molar-refractivity contribution in [3.8, 4) is 0 Å². The Kier molecular flexibility index (Phi) is 6.86. The van der Waals surface area contributed by atoms with Gasteiger partial charge in [0.15, 0.2) is 0 Å². The van der Waals surface area contributed by atoms with Gasteiger partial charge in [-0.2, -0.15) is 0 Å². The summed E-state index contributed by atoms with van der Waals surface area (Å²) in [6.07, 6.45) is 3.15. The fourth-order valence-corrected chi connectivity index (χ4v) is 3.05. The average molecular weight is 377 g/mol. The summed E-state index contributed by atoms with van der Waals surface area (Å²) in [6, 6.07) is 3.11. The number of piperidine rings is 1. The number of carboxylic acid groups (broad SMARTS) is 1. The summed E-state index contributed by atoms with van der Waals surface area (Å²) in [7, 11) is 0. The number of likely N-dealkylation sites (tertiary alicyclic amines) is 1. The molecule has 2 amide bonds. The molecule has 27 heavy (non-hydrogen) atoms. The zero-order chi connectivity index (χ0) is 20.0. The van der Waals surface area contributed by atoms with E-state index in [9.17, 15) is 24.5 Å². The van der Waals surface area contributed by atoms with Crippen molar-refractivity contribution in [1.29, 1.82) is 0 Å². The van der Waals surface area contributed by atoms with Crippen LogP contribution in [-0.4, -0.2) is 52.3 Å². The van der Waals surface area contributed by atoms with Crippen LogP contribution in [0.4, 0.5) is 5.69 Å². The molecule has 1 aliphatic heterocycles. The number of hydrogen-bond acceptors (Lipinski definition) is 5. The molecule has 1 aliphatic rings. The number of carbonyl (C=O) groups is 3. The lowest BCUT2D eigenvalue weighted by molar-refractivity contribution is -0.384. The topological polar surface area (TPSA) is 130 Å². The molecule has 1 saturated heterocycles. The Balaban J connectivity index is 2.15. The summed E-state index contributed by atoms with van der Waals surface area (Å²) in [5, 5.41) is 23.0. The molecular formula is C18H23N3O6. The number of nitrogens with zero attached hydrogens (tertiary/aromatic N) is 2. The smallest absolute Gasteiger partial charge is 0.335 e. The van der Waals surface area contributed by atoms with Crippen molar-refractivity contribution in [1.82, 2.24) is 10.2 Å². The highest BCUT2D eigenvalue weighted by molar-refractivity contribution is 5.98. The first-order valence-corrected chi connectivity index (χ1v) is 8.93. The zero-order valence-corrected chi connectivity index (χ0v) is 15.1. The van der Waals surface area contributed by atoms with Crippen molar-refractivity contribution >= 4 is 23.5 Å². The van der Waals surface area contributed by atoms with Gasteiger partial charge in [-0.25, -0.2) is 4.79 Å². The van der Waals surface area contributed by atoms with Crippen LogP contribution in [0.2, 0.25) is 0 Å². The van der Waals surface area contributed by atoms with Crippen molar-refractivity contribution in [2.75, 3.05) is 19.6 Å². The zero-order valence-electron chi connectivity index (χ0n) is 15.1. The van der Waals surface area contributed by atoms with E-state index in [1.54, 1.807) is 0 Å². The van der Waals surface area contributed by atoms with Crippen molar-refractivity contribution in [3.63, 3.8) is 0 Å². The largest absolute Gasteiger partial charge is 0.478 e. The van der Waals surface area contributed by atoms with Gasteiger partial charge in [0.1, 0.15) is 0 Å². The maximum atomic E-state index is 12.8. The lowest BCUT2D eigenvalue weighted by atomic mass is 9.96. The number of aromatic carboxylic acids is 1. The second-order valence-electron chi connectivity index (χ2n) is 6.57. The Labute approximate surface area is 156 Å². The maximum absolute atomic E-state index is 12.8. The van der Waals surface area contributed by atoms with Gasteiger partial charge >= 0.3 is 5.97 Å². The van der Waals surface area contributed by atoms with E-state index in [1.807, 2.05) is 6.92 Å². The molecular weight excluding hydrogens is 354 g/mol. The normalized spacial score (nSPS) is 16.6. The second kappa shape index (κ2) is 9.11. The molecule has 1 unspecified atom stereocenters. The number of rotatable bonds is 7. The van der Waals surface area contributed by atoms with Gasteiger partial charge in [0.25, 0.3) is 11.6 Å². The van der Waals surface area contributed by atoms with E-state index in [4.69, 9.17) is 5.11 Å². The van der Waals surface area contributed by atoms with Crippen LogP contribution in [0.1, 0.15) is 53.3 Å². The van der Waals surface area contributed by atoms with Gasteiger partial charge in [-0.05, 0) is 25.3 Å². The van der Waals surface area contributed by atoms with Crippen LogP contribution in [0.5, 0.6) is 0 Å². The molecule has 9 nitrogen and oxygen atoms in total. The van der Waals surface area contributed by atoms with Crippen LogP contribution in [0.15, 0.2) is 18.2 Å². The van der Waals surface area contributed by atoms with Crippen LogP contribution in [-0.2, 0) is 4.79 Å². The molecule has 1 aromatic rings. The number of hydrogen-bond donors (Lipinski definition) is 2. The average Bonchev–Trinajstić information content (AvgIpc) is 2.67. The van der Waals surface area contributed by atoms with E-state index in [0.717, 1.165) is 31.0 Å². The van der Waals surface area contributed by atoms with Crippen LogP contribution in [0.3, 0.4) is 0 Å². The number of benzene rings is 1. The fourth-order valence-electron chi connectivity index (χ4n) is 3.05. The minimum Gasteiger partial charge on any atom is -0.478 e. The van der Waals surface area contributed by atoms with E-state index in [1.165, 1.54) is 4.90 Å². The van der Waals surface area contributed by atoms with Crippen molar-refractivity contribution < 1.29 is 24.4 Å². The Morgan fingerprint density at radius 3 is 2.63 bits per heavy atom. The molecule has 2 N–H and O–H groups in total. The standard InChI is InChI=1S/C18H23N3O6/c1-2-3-6-19-16(22)12-5-4-7-20(11-12)17(23)13-8-14(18(24)25)10-15(9-13)21(26)27/h8-10,12H,2-7,11H2,1H3,(H,19,22)(H,24,25). The SMILES string of the molecule is CCCCNC(=O)C1CCCN(C(=O)c2cc(C(=O)O)cc([N+](=O)[O-])c2)C1. The van der Waals surface area contributed by atoms with E-state index in [2.05, 4.69) is 5.32 Å². The van der Waals surface area contributed by atoms with Crippen LogP contribution >= 0.6 is 0 Å². The summed E-state index contributed by atoms with van der Waals surface area (Å²) >= 11 is 0. The number of unbranched alkanes of at least 4 members (excludes halogenated alkanes) is 1. The highest BCUT2D eigenvalue weighted by atomic mass is 16.6. The van der Waals surface area contributed by atoms with Gasteiger partial charge in [-0.3, -0.25) is 19.7 Å². The third-order valence-electron chi connectivity index (χ3n) is 4.53. The molecule has 1 fully saturated rings. The molecule has 1 aromatic carbocycles. The van der Waals surface area contributed by atoms with Gasteiger partial charge < -0.3 is 15.3 Å². The highest BCUT2D eigenvalue weighted by Crippen LogP contribution is 2.22. The molecule has 146 valence electrons. The molecule has 0 saturated carbocycles. The molecule has 0 radical (unpaired) electrons. The van der Waals surface area contributed by atoms with Crippen LogP contribution < -0.4 is 5.32 Å². The predicted octanol–water partition coefficient (Wildman–Crippen LogP) is 2.06. The number of non-ortho nitro benzene ring substituents is 1. The second-order valence-corrected chi connectivity index (χ2v) is 6.57. The maximum Gasteiger partial charge on any atom is 0.335 e. The monoisotopic (exact) mass is 377 g/mol. The van der Waals surface area contributed by atoms with E-state index >= 15 is 0 Å². The molecule has 9 heteroatoms. The summed E-state index contributed by atoms with van der Waals surface area (Å²) in [5.41, 5.74) is -0.837. The molecule has 0 spiro atoms. The Morgan fingerprint density at radius 1 is 1.30 bits per heavy atom. The molecule has 1 atom stereocenters. The van der Waals surface area contributed by atoms with E-state index in [0.29, 0.717) is 25.9 Å². The quantitative estimate of drug-likeness (QED) is 0.425.